The van der Waals surface area contributed by atoms with Crippen LogP contribution in [-0.2, 0) is 0 Å². The van der Waals surface area contributed by atoms with E-state index in [0.717, 1.165) is 31.7 Å². The van der Waals surface area contributed by atoms with E-state index < -0.39 is 15.5 Å². The summed E-state index contributed by atoms with van der Waals surface area (Å²) in [6.07, 6.45) is 4.05. The van der Waals surface area contributed by atoms with Crippen molar-refractivity contribution in [1.29, 1.82) is 0 Å². The standard InChI is InChI=1S/C14H17Cl2NO4/c1-2-3-4-5-8-21-12-7-6-10(13(18)14(15)16)9-11(12)17(19)20/h6-7,9,14H,2-5,8H2,1H3. The van der Waals surface area contributed by atoms with Crippen LogP contribution < -0.4 is 4.74 Å². The zero-order valence-corrected chi connectivity index (χ0v) is 13.2. The van der Waals surface area contributed by atoms with Crippen molar-refractivity contribution in [2.45, 2.75) is 37.4 Å². The van der Waals surface area contributed by atoms with Crippen molar-refractivity contribution < 1.29 is 14.5 Å². The van der Waals surface area contributed by atoms with Crippen molar-refractivity contribution in [2.75, 3.05) is 6.61 Å². The molecule has 0 aromatic heterocycles. The predicted octanol–water partition coefficient (Wildman–Crippen LogP) is 4.54. The van der Waals surface area contributed by atoms with Crippen molar-refractivity contribution in [1.82, 2.24) is 0 Å². The molecule has 1 rings (SSSR count). The van der Waals surface area contributed by atoms with Gasteiger partial charge in [0.25, 0.3) is 0 Å². The Balaban J connectivity index is 2.80. The number of rotatable bonds is 9. The minimum absolute atomic E-state index is 0.0926. The largest absolute Gasteiger partial charge is 0.487 e. The molecule has 0 spiro atoms. The summed E-state index contributed by atoms with van der Waals surface area (Å²) in [5.74, 6) is -0.426. The van der Waals surface area contributed by atoms with Gasteiger partial charge in [-0.05, 0) is 18.6 Å². The molecule has 21 heavy (non-hydrogen) atoms. The molecule has 0 aliphatic carbocycles. The maximum absolute atomic E-state index is 11.6. The van der Waals surface area contributed by atoms with Crippen molar-refractivity contribution in [2.24, 2.45) is 0 Å². The summed E-state index contributed by atoms with van der Waals surface area (Å²) in [7, 11) is 0. The van der Waals surface area contributed by atoms with Gasteiger partial charge in [0, 0.05) is 11.6 Å². The molecule has 0 saturated carbocycles. The first-order valence-corrected chi connectivity index (χ1v) is 7.58. The summed E-state index contributed by atoms with van der Waals surface area (Å²) in [6.45, 7) is 2.50. The molecule has 0 radical (unpaired) electrons. The van der Waals surface area contributed by atoms with Gasteiger partial charge in [-0.15, -0.1) is 0 Å². The lowest BCUT2D eigenvalue weighted by atomic mass is 10.1. The van der Waals surface area contributed by atoms with E-state index >= 15 is 0 Å². The van der Waals surface area contributed by atoms with E-state index in [1.807, 2.05) is 0 Å². The predicted molar refractivity (Wildman–Crippen MR) is 82.6 cm³/mol. The van der Waals surface area contributed by atoms with Gasteiger partial charge in [-0.2, -0.15) is 0 Å². The lowest BCUT2D eigenvalue weighted by Gasteiger charge is -2.08. The summed E-state index contributed by atoms with van der Waals surface area (Å²) in [5.41, 5.74) is -0.166. The maximum atomic E-state index is 11.6. The highest BCUT2D eigenvalue weighted by atomic mass is 35.5. The second-order valence-corrected chi connectivity index (χ2v) is 5.61. The third-order valence-corrected chi connectivity index (χ3v) is 3.29. The second kappa shape index (κ2) is 8.85. The van der Waals surface area contributed by atoms with E-state index in [-0.39, 0.29) is 17.0 Å². The molecule has 0 atom stereocenters. The Morgan fingerprint density at radius 3 is 2.62 bits per heavy atom. The van der Waals surface area contributed by atoms with Crippen LogP contribution in [0.15, 0.2) is 18.2 Å². The quantitative estimate of drug-likeness (QED) is 0.219. The molecule has 5 nitrogen and oxygen atoms in total. The zero-order valence-electron chi connectivity index (χ0n) is 11.7. The summed E-state index contributed by atoms with van der Waals surface area (Å²) in [6, 6.07) is 3.97. The number of hydrogen-bond acceptors (Lipinski definition) is 4. The van der Waals surface area contributed by atoms with Crippen LogP contribution in [0.1, 0.15) is 43.0 Å². The van der Waals surface area contributed by atoms with E-state index in [4.69, 9.17) is 27.9 Å². The van der Waals surface area contributed by atoms with Gasteiger partial charge < -0.3 is 4.74 Å². The van der Waals surface area contributed by atoms with E-state index in [1.165, 1.54) is 12.1 Å². The van der Waals surface area contributed by atoms with E-state index in [2.05, 4.69) is 6.92 Å². The Hall–Kier alpha value is -1.33. The Morgan fingerprint density at radius 2 is 2.05 bits per heavy atom. The molecule has 0 unspecified atom stereocenters. The lowest BCUT2D eigenvalue weighted by molar-refractivity contribution is -0.385. The Kier molecular flexibility index (Phi) is 7.47. The molecule has 0 fully saturated rings. The highest BCUT2D eigenvalue weighted by Gasteiger charge is 2.21. The van der Waals surface area contributed by atoms with Crippen LogP contribution in [0.5, 0.6) is 5.75 Å². The Bertz CT molecular complexity index is 506. The molecule has 0 aliphatic heterocycles. The topological polar surface area (TPSA) is 69.4 Å². The highest BCUT2D eigenvalue weighted by molar-refractivity contribution is 6.55. The van der Waals surface area contributed by atoms with Crippen molar-refractivity contribution >= 4 is 34.7 Å². The van der Waals surface area contributed by atoms with Crippen molar-refractivity contribution in [3.05, 3.63) is 33.9 Å². The molecule has 0 N–H and O–H groups in total. The first-order chi connectivity index (χ1) is 9.97. The maximum Gasteiger partial charge on any atom is 0.311 e. The van der Waals surface area contributed by atoms with Gasteiger partial charge >= 0.3 is 5.69 Å². The number of carbonyl (C=O) groups excluding carboxylic acids is 1. The normalized spacial score (nSPS) is 10.7. The summed E-state index contributed by atoms with van der Waals surface area (Å²) in [5, 5.41) is 11.0. The van der Waals surface area contributed by atoms with Crippen LogP contribution in [0.2, 0.25) is 0 Å². The molecule has 0 bridgehead atoms. The van der Waals surface area contributed by atoms with Gasteiger partial charge in [-0.3, -0.25) is 14.9 Å². The zero-order chi connectivity index (χ0) is 15.8. The van der Waals surface area contributed by atoms with E-state index in [0.29, 0.717) is 6.61 Å². The first-order valence-electron chi connectivity index (χ1n) is 6.71. The minimum atomic E-state index is -1.24. The molecular weight excluding hydrogens is 317 g/mol. The fourth-order valence-corrected chi connectivity index (χ4v) is 2.02. The Morgan fingerprint density at radius 1 is 1.33 bits per heavy atom. The number of benzene rings is 1. The van der Waals surface area contributed by atoms with Crippen molar-refractivity contribution in [3.8, 4) is 5.75 Å². The number of Topliss-reactive ketones (excluding diaryl/α,β-unsaturated/α-hetero) is 1. The summed E-state index contributed by atoms with van der Waals surface area (Å²) in [4.78, 5) is 20.9. The SMILES string of the molecule is CCCCCCOc1ccc(C(=O)C(Cl)Cl)cc1[N+](=O)[O-]. The van der Waals surface area contributed by atoms with E-state index in [9.17, 15) is 14.9 Å². The first kappa shape index (κ1) is 17.7. The van der Waals surface area contributed by atoms with Crippen LogP contribution in [0.3, 0.4) is 0 Å². The summed E-state index contributed by atoms with van der Waals surface area (Å²) >= 11 is 11.0. The van der Waals surface area contributed by atoms with Crippen LogP contribution in [0.4, 0.5) is 5.69 Å². The van der Waals surface area contributed by atoms with Crippen LogP contribution in [0.25, 0.3) is 0 Å². The van der Waals surface area contributed by atoms with Gasteiger partial charge in [0.1, 0.15) is 0 Å². The molecule has 0 aliphatic rings. The van der Waals surface area contributed by atoms with Crippen LogP contribution >= 0.6 is 23.2 Å². The number of nitro groups is 1. The highest BCUT2D eigenvalue weighted by Crippen LogP contribution is 2.29. The molecule has 116 valence electrons. The fraction of sp³-hybridized carbons (Fsp3) is 0.500. The number of alkyl halides is 2. The molecule has 1 aromatic rings. The minimum Gasteiger partial charge on any atom is -0.487 e. The van der Waals surface area contributed by atoms with Crippen LogP contribution in [-0.4, -0.2) is 22.1 Å². The van der Waals surface area contributed by atoms with Gasteiger partial charge in [0.05, 0.1) is 11.5 Å². The third kappa shape index (κ3) is 5.52. The fourth-order valence-electron chi connectivity index (χ4n) is 1.77. The average molecular weight is 334 g/mol. The monoisotopic (exact) mass is 333 g/mol. The number of halogens is 2. The summed E-state index contributed by atoms with van der Waals surface area (Å²) < 4.78 is 5.42. The molecule has 0 amide bonds. The van der Waals surface area contributed by atoms with Gasteiger partial charge in [0.2, 0.25) is 0 Å². The third-order valence-electron chi connectivity index (χ3n) is 2.89. The molecule has 7 heteroatoms. The van der Waals surface area contributed by atoms with Gasteiger partial charge in [-0.1, -0.05) is 49.4 Å². The lowest BCUT2D eigenvalue weighted by Crippen LogP contribution is -2.09. The molecule has 0 heterocycles. The number of ketones is 1. The average Bonchev–Trinajstić information content (AvgIpc) is 2.46. The van der Waals surface area contributed by atoms with Gasteiger partial charge in [0.15, 0.2) is 16.4 Å². The number of nitrogens with zero attached hydrogens (tertiary/aromatic N) is 1. The number of nitro benzene ring substituents is 1. The van der Waals surface area contributed by atoms with Gasteiger partial charge in [-0.25, -0.2) is 0 Å². The number of unbranched alkanes of at least 4 members (excludes halogenated alkanes) is 3. The second-order valence-electron chi connectivity index (χ2n) is 4.51. The molecule has 1 aromatic carbocycles. The number of hydrogen-bond donors (Lipinski definition) is 0. The molecular formula is C14H17Cl2NO4. The van der Waals surface area contributed by atoms with Crippen LogP contribution in [0, 0.1) is 10.1 Å². The number of carbonyl (C=O) groups is 1. The Labute approximate surface area is 133 Å². The van der Waals surface area contributed by atoms with E-state index in [1.54, 1.807) is 0 Å². The molecule has 0 saturated heterocycles. The number of ether oxygens (including phenoxy) is 1. The van der Waals surface area contributed by atoms with Crippen molar-refractivity contribution in [3.63, 3.8) is 0 Å². The smallest absolute Gasteiger partial charge is 0.311 e.